The number of imidazole rings is 1. The molecule has 1 aromatic rings. The van der Waals surface area contributed by atoms with E-state index in [2.05, 4.69) is 22.0 Å². The minimum atomic E-state index is 0.240. The van der Waals surface area contributed by atoms with Gasteiger partial charge in [0.2, 0.25) is 0 Å². The lowest BCUT2D eigenvalue weighted by Gasteiger charge is -2.23. The Morgan fingerprint density at radius 1 is 1.48 bits per heavy atom. The molecule has 0 fully saturated rings. The van der Waals surface area contributed by atoms with Gasteiger partial charge in [-0.2, -0.15) is 5.10 Å². The Bertz CT molecular complexity index is 539. The number of aromatic nitrogens is 2. The summed E-state index contributed by atoms with van der Waals surface area (Å²) in [6.07, 6.45) is 9.43. The molecule has 0 amide bonds. The van der Waals surface area contributed by atoms with Crippen LogP contribution in [0, 0.1) is 5.92 Å². The van der Waals surface area contributed by atoms with Gasteiger partial charge in [-0.1, -0.05) is 27.2 Å². The lowest BCUT2D eigenvalue weighted by atomic mass is 10.1. The van der Waals surface area contributed by atoms with Gasteiger partial charge in [0.15, 0.2) is 0 Å². The van der Waals surface area contributed by atoms with Crippen LogP contribution < -0.4 is 5.73 Å². The minimum Gasteiger partial charge on any atom is -0.385 e. The van der Waals surface area contributed by atoms with E-state index >= 15 is 0 Å². The van der Waals surface area contributed by atoms with Crippen molar-refractivity contribution in [3.8, 4) is 0 Å². The van der Waals surface area contributed by atoms with Crippen LogP contribution in [-0.4, -0.2) is 33.3 Å². The second-order valence-electron chi connectivity index (χ2n) is 5.56. The molecule has 0 radical (unpaired) electrons. The summed E-state index contributed by atoms with van der Waals surface area (Å²) in [6, 6.07) is 0. The number of rotatable bonds is 6. The van der Waals surface area contributed by atoms with Gasteiger partial charge < -0.3 is 10.3 Å². The number of hydrazone groups is 1. The maximum absolute atomic E-state index is 5.93. The topological polar surface area (TPSA) is 71.8 Å². The summed E-state index contributed by atoms with van der Waals surface area (Å²) in [4.78, 5) is 8.64. The van der Waals surface area contributed by atoms with Crippen molar-refractivity contribution in [2.75, 3.05) is 6.54 Å². The predicted octanol–water partition coefficient (Wildman–Crippen LogP) is 2.21. The summed E-state index contributed by atoms with van der Waals surface area (Å²) in [5.41, 5.74) is 8.34. The molecule has 6 nitrogen and oxygen atoms in total. The van der Waals surface area contributed by atoms with Gasteiger partial charge in [-0.15, -0.1) is 0 Å². The summed E-state index contributed by atoms with van der Waals surface area (Å²) in [6.45, 7) is 7.76. The summed E-state index contributed by atoms with van der Waals surface area (Å²) in [5, 5.41) is 6.26. The number of allylic oxidation sites excluding steroid dienone is 1. The summed E-state index contributed by atoms with van der Waals surface area (Å²) >= 11 is 0. The van der Waals surface area contributed by atoms with Gasteiger partial charge in [0.25, 0.3) is 0 Å². The second-order valence-corrected chi connectivity index (χ2v) is 5.56. The molecule has 0 aromatic carbocycles. The molecule has 1 aliphatic rings. The molecule has 2 heterocycles. The lowest BCUT2D eigenvalue weighted by molar-refractivity contribution is 0.467. The highest BCUT2D eigenvalue weighted by Crippen LogP contribution is 2.19. The Hall–Kier alpha value is -2.11. The van der Waals surface area contributed by atoms with Crippen LogP contribution in [0.25, 0.3) is 0 Å². The molecule has 1 aromatic heterocycles. The molecule has 0 saturated heterocycles. The van der Waals surface area contributed by atoms with E-state index in [9.17, 15) is 0 Å². The van der Waals surface area contributed by atoms with Gasteiger partial charge in [-0.3, -0.25) is 0 Å². The van der Waals surface area contributed by atoms with Crippen LogP contribution in [-0.2, 0) is 6.54 Å². The third kappa shape index (κ3) is 4.18. The summed E-state index contributed by atoms with van der Waals surface area (Å²) in [5.74, 6) is 0.875. The van der Waals surface area contributed by atoms with Crippen LogP contribution >= 0.6 is 0 Å². The van der Waals surface area contributed by atoms with Crippen LogP contribution in [0.1, 0.15) is 33.6 Å². The molecule has 6 heteroatoms. The first kappa shape index (κ1) is 15.3. The molecule has 0 spiro atoms. The smallest absolute Gasteiger partial charge is 0.122 e. The van der Waals surface area contributed by atoms with Crippen molar-refractivity contribution in [3.05, 3.63) is 30.0 Å². The van der Waals surface area contributed by atoms with Crippen molar-refractivity contribution in [1.29, 1.82) is 0 Å². The normalized spacial score (nSPS) is 16.2. The van der Waals surface area contributed by atoms with Gasteiger partial charge >= 0.3 is 0 Å². The highest BCUT2D eigenvalue weighted by molar-refractivity contribution is 5.82. The quantitative estimate of drug-likeness (QED) is 0.644. The van der Waals surface area contributed by atoms with Crippen molar-refractivity contribution in [1.82, 2.24) is 14.6 Å². The second kappa shape index (κ2) is 7.06. The maximum Gasteiger partial charge on any atom is 0.122 e. The van der Waals surface area contributed by atoms with E-state index in [4.69, 9.17) is 5.73 Å². The summed E-state index contributed by atoms with van der Waals surface area (Å²) in [7, 11) is 0. The molecule has 21 heavy (non-hydrogen) atoms. The number of amidine groups is 1. The van der Waals surface area contributed by atoms with Crippen LogP contribution in [0.3, 0.4) is 0 Å². The van der Waals surface area contributed by atoms with Gasteiger partial charge in [0.05, 0.1) is 25.1 Å². The number of nitrogens with two attached hydrogens (primary N) is 1. The largest absolute Gasteiger partial charge is 0.385 e. The molecule has 114 valence electrons. The third-order valence-electron chi connectivity index (χ3n) is 3.39. The maximum atomic E-state index is 5.93. The standard InChI is InChI=1S/C15H24N6/c1-4-5-13-8-21(19-15(16)12(2)3)11-18-14(13)9-20-7-6-17-10-20/h6-7,10-12H,4-5,8-9H2,1-3H3,(H2,16,19). The molecule has 0 bridgehead atoms. The van der Waals surface area contributed by atoms with Gasteiger partial charge in [-0.25, -0.2) is 15.0 Å². The van der Waals surface area contributed by atoms with Gasteiger partial charge in [0, 0.05) is 18.3 Å². The highest BCUT2D eigenvalue weighted by Gasteiger charge is 2.15. The Kier molecular flexibility index (Phi) is 5.14. The number of hydrogen-bond acceptors (Lipinski definition) is 4. The van der Waals surface area contributed by atoms with Crippen molar-refractivity contribution in [2.24, 2.45) is 21.7 Å². The number of hydrogen-bond donors (Lipinski definition) is 1. The first-order chi connectivity index (χ1) is 10.1. The zero-order valence-corrected chi connectivity index (χ0v) is 13.0. The minimum absolute atomic E-state index is 0.240. The molecule has 0 saturated carbocycles. The van der Waals surface area contributed by atoms with Crippen LogP contribution in [0.15, 0.2) is 40.1 Å². The van der Waals surface area contributed by atoms with Crippen molar-refractivity contribution in [3.63, 3.8) is 0 Å². The fourth-order valence-electron chi connectivity index (χ4n) is 2.11. The Morgan fingerprint density at radius 3 is 2.90 bits per heavy atom. The number of aliphatic imine (C=N–C) groups is 1. The highest BCUT2D eigenvalue weighted by atomic mass is 15.5. The van der Waals surface area contributed by atoms with Crippen molar-refractivity contribution < 1.29 is 0 Å². The zero-order chi connectivity index (χ0) is 15.2. The van der Waals surface area contributed by atoms with Gasteiger partial charge in [0.1, 0.15) is 12.2 Å². The van der Waals surface area contributed by atoms with E-state index in [0.29, 0.717) is 5.84 Å². The van der Waals surface area contributed by atoms with E-state index < -0.39 is 0 Å². The predicted molar refractivity (Wildman–Crippen MR) is 85.8 cm³/mol. The van der Waals surface area contributed by atoms with Crippen molar-refractivity contribution in [2.45, 2.75) is 40.2 Å². The molecular formula is C15H24N6. The van der Waals surface area contributed by atoms with E-state index in [1.807, 2.05) is 35.9 Å². The third-order valence-corrected chi connectivity index (χ3v) is 3.39. The van der Waals surface area contributed by atoms with Crippen LogP contribution in [0.5, 0.6) is 0 Å². The fourth-order valence-corrected chi connectivity index (χ4v) is 2.11. The molecule has 2 N–H and O–H groups in total. The SMILES string of the molecule is CCCC1=C(Cn2ccnc2)N=CN(/N=C(\N)C(C)C)C1. The van der Waals surface area contributed by atoms with E-state index in [-0.39, 0.29) is 5.92 Å². The zero-order valence-electron chi connectivity index (χ0n) is 13.0. The van der Waals surface area contributed by atoms with Crippen molar-refractivity contribution >= 4 is 12.2 Å². The molecule has 0 unspecified atom stereocenters. The molecular weight excluding hydrogens is 264 g/mol. The Morgan fingerprint density at radius 2 is 2.29 bits per heavy atom. The Labute approximate surface area is 126 Å². The average molecular weight is 288 g/mol. The van der Waals surface area contributed by atoms with E-state index in [1.54, 1.807) is 12.5 Å². The fraction of sp³-hybridized carbons (Fsp3) is 0.533. The van der Waals surface area contributed by atoms with Crippen LogP contribution in [0.4, 0.5) is 0 Å². The Balaban J connectivity index is 2.13. The molecule has 1 aliphatic heterocycles. The number of nitrogens with zero attached hydrogens (tertiary/aromatic N) is 5. The molecule has 2 rings (SSSR count). The van der Waals surface area contributed by atoms with E-state index in [0.717, 1.165) is 31.6 Å². The first-order valence-electron chi connectivity index (χ1n) is 7.41. The molecule has 0 atom stereocenters. The van der Waals surface area contributed by atoms with Gasteiger partial charge in [-0.05, 0) is 12.0 Å². The lowest BCUT2D eigenvalue weighted by Crippen LogP contribution is -2.29. The van der Waals surface area contributed by atoms with E-state index in [1.165, 1.54) is 5.57 Å². The monoisotopic (exact) mass is 288 g/mol. The summed E-state index contributed by atoms with van der Waals surface area (Å²) < 4.78 is 2.03. The molecule has 0 aliphatic carbocycles. The first-order valence-corrected chi connectivity index (χ1v) is 7.41. The average Bonchev–Trinajstić information content (AvgIpc) is 2.95. The van der Waals surface area contributed by atoms with Crippen LogP contribution in [0.2, 0.25) is 0 Å².